The van der Waals surface area contributed by atoms with Gasteiger partial charge in [-0.25, -0.2) is 0 Å². The fraction of sp³-hybridized carbons (Fsp3) is 0.588. The molecule has 0 bridgehead atoms. The Morgan fingerprint density at radius 2 is 2.35 bits per heavy atom. The van der Waals surface area contributed by atoms with E-state index in [2.05, 4.69) is 38.7 Å². The van der Waals surface area contributed by atoms with Crippen LogP contribution < -0.4 is 10.6 Å². The Kier molecular flexibility index (Phi) is 9.79. The Labute approximate surface area is 153 Å². The van der Waals surface area contributed by atoms with Crippen molar-refractivity contribution in [3.63, 3.8) is 0 Å². The number of carbonyl (C=O) groups is 1. The first-order chi connectivity index (χ1) is 10.7. The summed E-state index contributed by atoms with van der Waals surface area (Å²) in [5.41, 5.74) is 1.17. The molecule has 6 heteroatoms. The molecule has 0 aliphatic carbocycles. The molecule has 1 aliphatic rings. The number of methoxy groups -OCH3 is 1. The van der Waals surface area contributed by atoms with Gasteiger partial charge in [0.15, 0.2) is 0 Å². The average Bonchev–Trinajstić information content (AvgIpc) is 2.52. The topological polar surface area (TPSA) is 50.4 Å². The van der Waals surface area contributed by atoms with E-state index < -0.39 is 0 Å². The van der Waals surface area contributed by atoms with Gasteiger partial charge in [0.2, 0.25) is 5.91 Å². The van der Waals surface area contributed by atoms with Crippen LogP contribution in [-0.4, -0.2) is 38.8 Å². The number of carbonyl (C=O) groups excluding carboxylic acids is 1. The Morgan fingerprint density at radius 3 is 3.00 bits per heavy atom. The number of hydrogen-bond donors (Lipinski definition) is 2. The van der Waals surface area contributed by atoms with Gasteiger partial charge < -0.3 is 15.4 Å². The van der Waals surface area contributed by atoms with Gasteiger partial charge in [0.1, 0.15) is 0 Å². The first kappa shape index (κ1) is 20.4. The van der Waals surface area contributed by atoms with Crippen LogP contribution in [0.25, 0.3) is 0 Å². The van der Waals surface area contributed by atoms with Crippen LogP contribution >= 0.6 is 28.3 Å². The van der Waals surface area contributed by atoms with Crippen molar-refractivity contribution in [1.29, 1.82) is 0 Å². The second kappa shape index (κ2) is 11.0. The highest BCUT2D eigenvalue weighted by Gasteiger charge is 2.22. The van der Waals surface area contributed by atoms with E-state index in [1.165, 1.54) is 5.56 Å². The molecule has 1 heterocycles. The van der Waals surface area contributed by atoms with Crippen LogP contribution in [0, 0.1) is 5.92 Å². The quantitative estimate of drug-likeness (QED) is 0.733. The number of hydrogen-bond acceptors (Lipinski definition) is 3. The normalized spacial score (nSPS) is 18.8. The van der Waals surface area contributed by atoms with Crippen LogP contribution in [0.5, 0.6) is 0 Å². The van der Waals surface area contributed by atoms with E-state index in [-0.39, 0.29) is 30.3 Å². The number of nitrogens with one attached hydrogen (secondary N) is 2. The van der Waals surface area contributed by atoms with E-state index in [0.717, 1.165) is 43.2 Å². The standard InChI is InChI=1S/C17H25BrN2O2.ClH/c1-22-9-7-14(10-13-4-2-5-15(18)11-13)17(21)20-16-6-3-8-19-12-16;/h2,4-5,11,14,16,19H,3,6-10,12H2,1H3,(H,20,21);1H. The van der Waals surface area contributed by atoms with Crippen molar-refractivity contribution in [3.8, 4) is 0 Å². The monoisotopic (exact) mass is 404 g/mol. The van der Waals surface area contributed by atoms with Gasteiger partial charge in [-0.05, 0) is 49.9 Å². The van der Waals surface area contributed by atoms with E-state index in [0.29, 0.717) is 6.61 Å². The van der Waals surface area contributed by atoms with E-state index in [4.69, 9.17) is 4.74 Å². The Balaban J connectivity index is 0.00000264. The summed E-state index contributed by atoms with van der Waals surface area (Å²) in [4.78, 5) is 12.6. The van der Waals surface area contributed by atoms with Gasteiger partial charge in [0.25, 0.3) is 0 Å². The first-order valence-corrected chi connectivity index (χ1v) is 8.73. The van der Waals surface area contributed by atoms with Gasteiger partial charge in [0, 0.05) is 36.7 Å². The van der Waals surface area contributed by atoms with Crippen molar-refractivity contribution in [1.82, 2.24) is 10.6 Å². The third kappa shape index (κ3) is 7.21. The minimum absolute atomic E-state index is 0. The number of benzene rings is 1. The molecule has 2 rings (SSSR count). The highest BCUT2D eigenvalue weighted by molar-refractivity contribution is 9.10. The summed E-state index contributed by atoms with van der Waals surface area (Å²) in [6, 6.07) is 8.42. The van der Waals surface area contributed by atoms with Crippen LogP contribution in [0.15, 0.2) is 28.7 Å². The lowest BCUT2D eigenvalue weighted by atomic mass is 9.94. The minimum atomic E-state index is -0.0452. The molecule has 1 amide bonds. The molecule has 1 saturated heterocycles. The zero-order valence-corrected chi connectivity index (χ0v) is 15.9. The minimum Gasteiger partial charge on any atom is -0.385 e. The van der Waals surface area contributed by atoms with E-state index >= 15 is 0 Å². The number of amides is 1. The fourth-order valence-corrected chi connectivity index (χ4v) is 3.28. The molecular weight excluding hydrogens is 380 g/mol. The molecule has 1 aliphatic heterocycles. The highest BCUT2D eigenvalue weighted by Crippen LogP contribution is 2.18. The van der Waals surface area contributed by atoms with Crippen molar-refractivity contribution in [2.75, 3.05) is 26.8 Å². The molecule has 1 fully saturated rings. The zero-order valence-electron chi connectivity index (χ0n) is 13.5. The zero-order chi connectivity index (χ0) is 15.8. The highest BCUT2D eigenvalue weighted by atomic mass is 79.9. The second-order valence-electron chi connectivity index (χ2n) is 5.86. The van der Waals surface area contributed by atoms with E-state index in [1.807, 2.05) is 12.1 Å². The third-order valence-corrected chi connectivity index (χ3v) is 4.55. The number of ether oxygens (including phenoxy) is 1. The third-order valence-electron chi connectivity index (χ3n) is 4.06. The Hall–Kier alpha value is -0.620. The predicted molar refractivity (Wildman–Crippen MR) is 99.1 cm³/mol. The lowest BCUT2D eigenvalue weighted by Gasteiger charge is -2.26. The molecule has 4 nitrogen and oxygen atoms in total. The average molecular weight is 406 g/mol. The number of halogens is 2. The molecule has 2 N–H and O–H groups in total. The van der Waals surface area contributed by atoms with E-state index in [1.54, 1.807) is 7.11 Å². The molecule has 0 spiro atoms. The fourth-order valence-electron chi connectivity index (χ4n) is 2.83. The summed E-state index contributed by atoms with van der Waals surface area (Å²) in [5, 5.41) is 6.53. The maximum absolute atomic E-state index is 12.6. The van der Waals surface area contributed by atoms with Gasteiger partial charge in [0.05, 0.1) is 0 Å². The summed E-state index contributed by atoms with van der Waals surface area (Å²) < 4.78 is 6.22. The summed E-state index contributed by atoms with van der Waals surface area (Å²) in [7, 11) is 1.68. The van der Waals surface area contributed by atoms with Crippen molar-refractivity contribution in [3.05, 3.63) is 34.3 Å². The number of rotatable bonds is 7. The van der Waals surface area contributed by atoms with Crippen LogP contribution in [0.2, 0.25) is 0 Å². The van der Waals surface area contributed by atoms with Gasteiger partial charge in [-0.2, -0.15) is 0 Å². The molecular formula is C17H26BrClN2O2. The van der Waals surface area contributed by atoms with Crippen LogP contribution in [-0.2, 0) is 16.0 Å². The molecule has 1 aromatic rings. The maximum atomic E-state index is 12.6. The molecule has 0 aromatic heterocycles. The summed E-state index contributed by atoms with van der Waals surface area (Å²) in [6.45, 7) is 2.53. The lowest BCUT2D eigenvalue weighted by molar-refractivity contribution is -0.126. The SMILES string of the molecule is COCCC(Cc1cccc(Br)c1)C(=O)NC1CCCNC1.Cl. The predicted octanol–water partition coefficient (Wildman–Crippen LogP) is 2.93. The van der Waals surface area contributed by atoms with Crippen molar-refractivity contribution in [2.24, 2.45) is 5.92 Å². The first-order valence-electron chi connectivity index (χ1n) is 7.93. The second-order valence-corrected chi connectivity index (χ2v) is 6.78. The largest absolute Gasteiger partial charge is 0.385 e. The summed E-state index contributed by atoms with van der Waals surface area (Å²) >= 11 is 3.49. The summed E-state index contributed by atoms with van der Waals surface area (Å²) in [6.07, 6.45) is 3.68. The van der Waals surface area contributed by atoms with E-state index in [9.17, 15) is 4.79 Å². The van der Waals surface area contributed by atoms with Crippen LogP contribution in [0.3, 0.4) is 0 Å². The van der Waals surface area contributed by atoms with Crippen molar-refractivity contribution < 1.29 is 9.53 Å². The van der Waals surface area contributed by atoms with Crippen LogP contribution in [0.1, 0.15) is 24.8 Å². The molecule has 0 radical (unpaired) electrons. The molecule has 1 aromatic carbocycles. The smallest absolute Gasteiger partial charge is 0.223 e. The van der Waals surface area contributed by atoms with Gasteiger partial charge in [-0.15, -0.1) is 12.4 Å². The van der Waals surface area contributed by atoms with Gasteiger partial charge >= 0.3 is 0 Å². The Morgan fingerprint density at radius 1 is 1.52 bits per heavy atom. The van der Waals surface area contributed by atoms with Gasteiger partial charge in [-0.1, -0.05) is 28.1 Å². The number of piperidine rings is 1. The van der Waals surface area contributed by atoms with Crippen molar-refractivity contribution >= 4 is 34.2 Å². The molecule has 2 unspecified atom stereocenters. The van der Waals surface area contributed by atoms with Crippen molar-refractivity contribution in [2.45, 2.75) is 31.7 Å². The molecule has 23 heavy (non-hydrogen) atoms. The molecule has 2 atom stereocenters. The summed E-state index contributed by atoms with van der Waals surface area (Å²) in [5.74, 6) is 0.0990. The molecule has 130 valence electrons. The molecule has 0 saturated carbocycles. The Bertz CT molecular complexity index is 481. The lowest BCUT2D eigenvalue weighted by Crippen LogP contribution is -2.47. The van der Waals surface area contributed by atoms with Crippen LogP contribution in [0.4, 0.5) is 0 Å². The van der Waals surface area contributed by atoms with Gasteiger partial charge in [-0.3, -0.25) is 4.79 Å². The maximum Gasteiger partial charge on any atom is 0.223 e.